The van der Waals surface area contributed by atoms with Gasteiger partial charge in [0, 0.05) is 0 Å². The number of ether oxygens (including phenoxy) is 1. The van der Waals surface area contributed by atoms with Crippen LogP contribution in [-0.2, 0) is 13.0 Å². The van der Waals surface area contributed by atoms with Crippen molar-refractivity contribution in [1.29, 1.82) is 0 Å². The zero-order chi connectivity index (χ0) is 19.2. The molecule has 0 spiro atoms. The number of aryl methyl sites for hydroxylation is 1. The van der Waals surface area contributed by atoms with Crippen molar-refractivity contribution in [2.75, 3.05) is 0 Å². The van der Waals surface area contributed by atoms with Crippen molar-refractivity contribution in [3.63, 3.8) is 0 Å². The number of hydrogen-bond donors (Lipinski definition) is 0. The third kappa shape index (κ3) is 5.40. The molecular weight excluding hydrogens is 340 g/mol. The molecule has 0 amide bonds. The van der Waals surface area contributed by atoms with Gasteiger partial charge in [0.15, 0.2) is 0 Å². The van der Waals surface area contributed by atoms with Gasteiger partial charge in [0.25, 0.3) is 0 Å². The first-order chi connectivity index (χ1) is 13.8. The molecule has 1 nitrogen and oxygen atoms in total. The fourth-order valence-corrected chi connectivity index (χ4v) is 4.98. The average molecular weight is 377 g/mol. The molecule has 1 heteroatoms. The van der Waals surface area contributed by atoms with Gasteiger partial charge in [0.2, 0.25) is 0 Å². The van der Waals surface area contributed by atoms with Crippen LogP contribution in [0.25, 0.3) is 0 Å². The van der Waals surface area contributed by atoms with E-state index in [1.54, 1.807) is 0 Å². The second-order valence-electron chi connectivity index (χ2n) is 9.25. The van der Waals surface area contributed by atoms with Gasteiger partial charge in [0.05, 0.1) is 0 Å². The largest absolute Gasteiger partial charge is 0.489 e. The lowest BCUT2D eigenvalue weighted by molar-refractivity contribution is 0.285. The Morgan fingerprint density at radius 2 is 1.57 bits per heavy atom. The molecule has 0 N–H and O–H groups in total. The highest BCUT2D eigenvalue weighted by Crippen LogP contribution is 2.41. The maximum Gasteiger partial charge on any atom is 0.122 e. The molecule has 1 unspecified atom stereocenters. The van der Waals surface area contributed by atoms with Gasteiger partial charge in [0.1, 0.15) is 12.4 Å². The van der Waals surface area contributed by atoms with Gasteiger partial charge in [-0.2, -0.15) is 0 Å². The van der Waals surface area contributed by atoms with Crippen molar-refractivity contribution in [1.82, 2.24) is 0 Å². The van der Waals surface area contributed by atoms with Crippen LogP contribution in [0.15, 0.2) is 48.5 Å². The van der Waals surface area contributed by atoms with E-state index in [-0.39, 0.29) is 0 Å². The van der Waals surface area contributed by atoms with Crippen molar-refractivity contribution >= 4 is 0 Å². The molecule has 150 valence electrons. The van der Waals surface area contributed by atoms with Crippen LogP contribution in [0.5, 0.6) is 5.75 Å². The lowest BCUT2D eigenvalue weighted by Gasteiger charge is -2.24. The van der Waals surface area contributed by atoms with Crippen LogP contribution in [0.3, 0.4) is 0 Å². The van der Waals surface area contributed by atoms with Gasteiger partial charge < -0.3 is 4.74 Å². The van der Waals surface area contributed by atoms with Crippen LogP contribution in [0, 0.1) is 11.8 Å². The molecule has 0 saturated heterocycles. The lowest BCUT2D eigenvalue weighted by Crippen LogP contribution is -2.11. The van der Waals surface area contributed by atoms with Crippen LogP contribution in [0.4, 0.5) is 0 Å². The van der Waals surface area contributed by atoms with Crippen molar-refractivity contribution in [3.8, 4) is 5.75 Å². The maximum absolute atomic E-state index is 6.32. The molecule has 0 aromatic heterocycles. The molecule has 4 rings (SSSR count). The Morgan fingerprint density at radius 1 is 0.857 bits per heavy atom. The summed E-state index contributed by atoms with van der Waals surface area (Å²) in [4.78, 5) is 0. The highest BCUT2D eigenvalue weighted by molar-refractivity contribution is 5.36. The lowest BCUT2D eigenvalue weighted by atomic mass is 9.82. The highest BCUT2D eigenvalue weighted by Gasteiger charge is 2.25. The zero-order valence-corrected chi connectivity index (χ0v) is 17.5. The highest BCUT2D eigenvalue weighted by atomic mass is 16.5. The van der Waals surface area contributed by atoms with Gasteiger partial charge >= 0.3 is 0 Å². The van der Waals surface area contributed by atoms with Crippen LogP contribution in [0.2, 0.25) is 0 Å². The minimum Gasteiger partial charge on any atom is -0.489 e. The average Bonchev–Trinajstić information content (AvgIpc) is 3.57. The van der Waals surface area contributed by atoms with E-state index in [0.29, 0.717) is 6.61 Å². The summed E-state index contributed by atoms with van der Waals surface area (Å²) in [5.41, 5.74) is 4.24. The SMILES string of the molecule is CC(CCc1ccccc1OCc1ccccc1C1CC1)CC1CCCCC1. The summed E-state index contributed by atoms with van der Waals surface area (Å²) in [6.45, 7) is 3.14. The predicted octanol–water partition coefficient (Wildman–Crippen LogP) is 7.68. The maximum atomic E-state index is 6.32. The van der Waals surface area contributed by atoms with Crippen molar-refractivity contribution in [3.05, 3.63) is 65.2 Å². The molecule has 0 heterocycles. The van der Waals surface area contributed by atoms with Crippen molar-refractivity contribution in [2.24, 2.45) is 11.8 Å². The summed E-state index contributed by atoms with van der Waals surface area (Å²) in [5, 5.41) is 0. The number of para-hydroxylation sites is 1. The summed E-state index contributed by atoms with van der Waals surface area (Å²) in [5.74, 6) is 3.65. The first-order valence-corrected chi connectivity index (χ1v) is 11.6. The topological polar surface area (TPSA) is 9.23 Å². The van der Waals surface area contributed by atoms with Crippen LogP contribution in [0.1, 0.15) is 87.3 Å². The van der Waals surface area contributed by atoms with Gasteiger partial charge in [-0.1, -0.05) is 81.5 Å². The molecule has 0 aliphatic heterocycles. The monoisotopic (exact) mass is 376 g/mol. The predicted molar refractivity (Wildman–Crippen MR) is 118 cm³/mol. The van der Waals surface area contributed by atoms with Gasteiger partial charge in [-0.15, -0.1) is 0 Å². The molecular formula is C27H36O. The third-order valence-electron chi connectivity index (χ3n) is 6.79. The third-order valence-corrected chi connectivity index (χ3v) is 6.79. The molecule has 28 heavy (non-hydrogen) atoms. The van der Waals surface area contributed by atoms with E-state index in [4.69, 9.17) is 4.74 Å². The molecule has 2 fully saturated rings. The Kier molecular flexibility index (Phi) is 6.73. The van der Waals surface area contributed by atoms with E-state index in [9.17, 15) is 0 Å². The fourth-order valence-electron chi connectivity index (χ4n) is 4.98. The molecule has 0 bridgehead atoms. The Bertz CT molecular complexity index is 739. The Balaban J connectivity index is 1.32. The molecule has 1 atom stereocenters. The molecule has 2 aromatic carbocycles. The van der Waals surface area contributed by atoms with Crippen molar-refractivity contribution in [2.45, 2.75) is 83.7 Å². The first kappa shape index (κ1) is 19.6. The summed E-state index contributed by atoms with van der Waals surface area (Å²) in [6.07, 6.45) is 13.8. The molecule has 2 saturated carbocycles. The number of hydrogen-bond acceptors (Lipinski definition) is 1. The second-order valence-corrected chi connectivity index (χ2v) is 9.25. The Hall–Kier alpha value is -1.76. The van der Waals surface area contributed by atoms with Crippen molar-refractivity contribution < 1.29 is 4.74 Å². The summed E-state index contributed by atoms with van der Waals surface area (Å²) in [6, 6.07) is 17.5. The minimum atomic E-state index is 0.696. The fraction of sp³-hybridized carbons (Fsp3) is 0.556. The molecule has 2 aliphatic carbocycles. The Morgan fingerprint density at radius 3 is 2.36 bits per heavy atom. The first-order valence-electron chi connectivity index (χ1n) is 11.6. The van der Waals surface area contributed by atoms with Crippen LogP contribution >= 0.6 is 0 Å². The van der Waals surface area contributed by atoms with Crippen LogP contribution < -0.4 is 4.74 Å². The molecule has 2 aromatic rings. The number of rotatable bonds is 9. The summed E-state index contributed by atoms with van der Waals surface area (Å²) in [7, 11) is 0. The van der Waals surface area contributed by atoms with E-state index >= 15 is 0 Å². The second kappa shape index (κ2) is 9.63. The molecule has 2 aliphatic rings. The van der Waals surface area contributed by atoms with E-state index < -0.39 is 0 Å². The summed E-state index contributed by atoms with van der Waals surface area (Å²) >= 11 is 0. The van der Waals surface area contributed by atoms with E-state index in [1.807, 2.05) is 0 Å². The van der Waals surface area contributed by atoms with Crippen LogP contribution in [-0.4, -0.2) is 0 Å². The zero-order valence-electron chi connectivity index (χ0n) is 17.5. The van der Waals surface area contributed by atoms with E-state index in [1.165, 1.54) is 74.5 Å². The van der Waals surface area contributed by atoms with Gasteiger partial charge in [-0.05, 0) is 72.6 Å². The van der Waals surface area contributed by atoms with E-state index in [2.05, 4.69) is 55.5 Å². The number of benzene rings is 2. The van der Waals surface area contributed by atoms with Gasteiger partial charge in [-0.3, -0.25) is 0 Å². The normalized spacial score (nSPS) is 18.8. The standard InChI is InChI=1S/C27H36O/c1-21(19-22-9-3-2-4-10-22)15-16-24-11-6-8-14-27(24)28-20-25-12-5-7-13-26(25)23-17-18-23/h5-8,11-14,21-23H,2-4,9-10,15-20H2,1H3. The Labute approximate surface area is 171 Å². The van der Waals surface area contributed by atoms with Gasteiger partial charge in [-0.25, -0.2) is 0 Å². The summed E-state index contributed by atoms with van der Waals surface area (Å²) < 4.78 is 6.32. The smallest absolute Gasteiger partial charge is 0.122 e. The van der Waals surface area contributed by atoms with E-state index in [0.717, 1.165) is 29.9 Å². The molecule has 0 radical (unpaired) electrons. The quantitative estimate of drug-likeness (QED) is 0.436. The minimum absolute atomic E-state index is 0.696.